The van der Waals surface area contributed by atoms with E-state index in [9.17, 15) is 24.1 Å². The number of aliphatic hydroxyl groups excluding tert-OH is 2. The van der Waals surface area contributed by atoms with Gasteiger partial charge >= 0.3 is 0 Å². The van der Waals surface area contributed by atoms with Gasteiger partial charge in [0.15, 0.2) is 11.6 Å². The zero-order valence-electron chi connectivity index (χ0n) is 20.5. The fourth-order valence-corrected chi connectivity index (χ4v) is 5.36. The summed E-state index contributed by atoms with van der Waals surface area (Å²) in [6.45, 7) is 0.979. The SMILES string of the molecule is CO[C@@H]1[C@@H](n2cc(-c3ccc(C)c(F)c3F)nn2)[C@@H](O)[C@@H](CO)O[C@@H]1Cc1cc(C2(O)CCCC2)no1. The maximum atomic E-state index is 14.6. The van der Waals surface area contributed by atoms with E-state index < -0.39 is 54.3 Å². The van der Waals surface area contributed by atoms with Gasteiger partial charge in [0.05, 0.1) is 18.9 Å². The molecule has 3 N–H and O–H groups in total. The predicted octanol–water partition coefficient (Wildman–Crippen LogP) is 2.20. The molecular formula is C25H30F2N4O6. The fourth-order valence-electron chi connectivity index (χ4n) is 5.36. The molecule has 0 spiro atoms. The standard InChI is InChI=1S/C25H30F2N4O6/c1-13-5-6-15(21(27)20(13)26)16-11-31(30-28-16)22-23(33)18(12-32)36-17(24(22)35-2)9-14-10-19(29-37-14)25(34)7-3-4-8-25/h5-6,10-11,17-18,22-24,32-34H,3-4,7-9,12H2,1-2H3/t17-,18-,22+,23+,24+/m1/s1. The number of halogens is 2. The van der Waals surface area contributed by atoms with Gasteiger partial charge in [-0.2, -0.15) is 0 Å². The van der Waals surface area contributed by atoms with Crippen molar-refractivity contribution in [1.29, 1.82) is 0 Å². The molecule has 10 nitrogen and oxygen atoms in total. The zero-order chi connectivity index (χ0) is 26.3. The molecule has 0 unspecified atom stereocenters. The first-order valence-electron chi connectivity index (χ1n) is 12.3. The Kier molecular flexibility index (Phi) is 7.12. The lowest BCUT2D eigenvalue weighted by Gasteiger charge is -2.43. The van der Waals surface area contributed by atoms with Crippen molar-refractivity contribution in [2.24, 2.45) is 0 Å². The van der Waals surface area contributed by atoms with E-state index in [4.69, 9.17) is 14.0 Å². The van der Waals surface area contributed by atoms with Crippen molar-refractivity contribution < 1.29 is 38.1 Å². The second-order valence-corrected chi connectivity index (χ2v) is 9.84. The molecule has 37 heavy (non-hydrogen) atoms. The first-order valence-corrected chi connectivity index (χ1v) is 12.3. The van der Waals surface area contributed by atoms with Gasteiger partial charge in [0, 0.05) is 25.2 Å². The van der Waals surface area contributed by atoms with Crippen molar-refractivity contribution in [2.75, 3.05) is 13.7 Å². The number of aliphatic hydroxyl groups is 3. The summed E-state index contributed by atoms with van der Waals surface area (Å²) in [4.78, 5) is 0. The minimum Gasteiger partial charge on any atom is -0.394 e. The second kappa shape index (κ2) is 10.2. The van der Waals surface area contributed by atoms with Crippen molar-refractivity contribution in [3.63, 3.8) is 0 Å². The molecule has 2 aliphatic rings. The van der Waals surface area contributed by atoms with Crippen molar-refractivity contribution in [2.45, 2.75) is 75.1 Å². The number of aryl methyl sites for hydroxylation is 1. The Hall–Kier alpha value is -2.77. The average Bonchev–Trinajstić information content (AvgIpc) is 3.65. The summed E-state index contributed by atoms with van der Waals surface area (Å²) in [7, 11) is 1.44. The van der Waals surface area contributed by atoms with Crippen LogP contribution in [-0.4, -0.2) is 73.6 Å². The van der Waals surface area contributed by atoms with Crippen molar-refractivity contribution in [3.8, 4) is 11.3 Å². The molecule has 2 fully saturated rings. The molecule has 0 radical (unpaired) electrons. The van der Waals surface area contributed by atoms with E-state index in [2.05, 4.69) is 15.5 Å². The number of rotatable bonds is 7. The summed E-state index contributed by atoms with van der Waals surface area (Å²) in [5.41, 5.74) is -0.374. The fraction of sp³-hybridized carbons (Fsp3) is 0.560. The minimum absolute atomic E-state index is 0.0702. The van der Waals surface area contributed by atoms with Crippen molar-refractivity contribution >= 4 is 0 Å². The van der Waals surface area contributed by atoms with Gasteiger partial charge in [0.1, 0.15) is 47.1 Å². The first-order chi connectivity index (χ1) is 17.8. The van der Waals surface area contributed by atoms with Crippen LogP contribution in [0.4, 0.5) is 8.78 Å². The first kappa shape index (κ1) is 25.9. The molecule has 2 aromatic heterocycles. The monoisotopic (exact) mass is 520 g/mol. The highest BCUT2D eigenvalue weighted by molar-refractivity contribution is 5.59. The molecule has 12 heteroatoms. The second-order valence-electron chi connectivity index (χ2n) is 9.84. The number of benzene rings is 1. The average molecular weight is 521 g/mol. The zero-order valence-corrected chi connectivity index (χ0v) is 20.5. The van der Waals surface area contributed by atoms with Crippen molar-refractivity contribution in [1.82, 2.24) is 20.2 Å². The topological polar surface area (TPSA) is 136 Å². The summed E-state index contributed by atoms with van der Waals surface area (Å²) in [5.74, 6) is -1.56. The van der Waals surface area contributed by atoms with Gasteiger partial charge < -0.3 is 29.3 Å². The molecule has 1 aromatic carbocycles. The van der Waals surface area contributed by atoms with Crippen LogP contribution in [0.25, 0.3) is 11.3 Å². The van der Waals surface area contributed by atoms with Gasteiger partial charge in [-0.05, 0) is 31.4 Å². The maximum absolute atomic E-state index is 14.6. The predicted molar refractivity (Wildman–Crippen MR) is 124 cm³/mol. The highest BCUT2D eigenvalue weighted by atomic mass is 19.2. The lowest BCUT2D eigenvalue weighted by Crippen LogP contribution is -2.57. The molecule has 3 aromatic rings. The molecule has 3 heterocycles. The summed E-state index contributed by atoms with van der Waals surface area (Å²) in [6, 6.07) is 3.68. The number of hydrogen-bond donors (Lipinski definition) is 3. The highest BCUT2D eigenvalue weighted by Crippen LogP contribution is 2.39. The third kappa shape index (κ3) is 4.68. The molecular weight excluding hydrogens is 490 g/mol. The van der Waals surface area contributed by atoms with Crippen LogP contribution in [0.15, 0.2) is 28.9 Å². The lowest BCUT2D eigenvalue weighted by atomic mass is 9.90. The number of methoxy groups -OCH3 is 1. The lowest BCUT2D eigenvalue weighted by molar-refractivity contribution is -0.212. The largest absolute Gasteiger partial charge is 0.394 e. The van der Waals surface area contributed by atoms with Crippen LogP contribution in [0.5, 0.6) is 0 Å². The molecule has 0 bridgehead atoms. The third-order valence-corrected chi connectivity index (χ3v) is 7.47. The van der Waals surface area contributed by atoms with Gasteiger partial charge in [-0.1, -0.05) is 29.3 Å². The van der Waals surface area contributed by atoms with E-state index in [0.29, 0.717) is 24.3 Å². The van der Waals surface area contributed by atoms with E-state index in [1.165, 1.54) is 37.0 Å². The maximum Gasteiger partial charge on any atom is 0.168 e. The smallest absolute Gasteiger partial charge is 0.168 e. The Balaban J connectivity index is 1.43. The Labute approximate surface area is 211 Å². The number of aromatic nitrogens is 4. The Morgan fingerprint density at radius 3 is 2.65 bits per heavy atom. The molecule has 1 aliphatic carbocycles. The van der Waals surface area contributed by atoms with E-state index in [1.54, 1.807) is 6.07 Å². The Morgan fingerprint density at radius 2 is 1.95 bits per heavy atom. The van der Waals surface area contributed by atoms with Gasteiger partial charge in [-0.25, -0.2) is 13.5 Å². The minimum atomic E-state index is -1.25. The van der Waals surface area contributed by atoms with Gasteiger partial charge in [0.2, 0.25) is 0 Å². The van der Waals surface area contributed by atoms with Crippen LogP contribution in [0, 0.1) is 18.6 Å². The molecule has 1 aliphatic heterocycles. The van der Waals surface area contributed by atoms with Crippen LogP contribution in [0.1, 0.15) is 48.7 Å². The van der Waals surface area contributed by atoms with Crippen LogP contribution < -0.4 is 0 Å². The Morgan fingerprint density at radius 1 is 1.19 bits per heavy atom. The highest BCUT2D eigenvalue weighted by Gasteiger charge is 2.47. The molecule has 5 rings (SSSR count). The summed E-state index contributed by atoms with van der Waals surface area (Å²) < 4.78 is 47.2. The van der Waals surface area contributed by atoms with Crippen LogP contribution in [0.3, 0.4) is 0 Å². The Bertz CT molecular complexity index is 1240. The van der Waals surface area contributed by atoms with Crippen molar-refractivity contribution in [3.05, 3.63) is 53.0 Å². The van der Waals surface area contributed by atoms with Crippen LogP contribution in [0.2, 0.25) is 0 Å². The third-order valence-electron chi connectivity index (χ3n) is 7.47. The van der Waals surface area contributed by atoms with Crippen LogP contribution >= 0.6 is 0 Å². The van der Waals surface area contributed by atoms with Gasteiger partial charge in [-0.3, -0.25) is 0 Å². The van der Waals surface area contributed by atoms with E-state index in [-0.39, 0.29) is 23.2 Å². The van der Waals surface area contributed by atoms with Crippen LogP contribution in [-0.2, 0) is 21.5 Å². The quantitative estimate of drug-likeness (QED) is 0.428. The summed E-state index contributed by atoms with van der Waals surface area (Å²) in [6.07, 6.45) is 0.910. The molecule has 0 amide bonds. The summed E-state index contributed by atoms with van der Waals surface area (Å²) in [5, 5.41) is 43.8. The number of nitrogens with zero attached hydrogens (tertiary/aromatic N) is 4. The molecule has 200 valence electrons. The molecule has 5 atom stereocenters. The van der Waals surface area contributed by atoms with Gasteiger partial charge in [-0.15, -0.1) is 5.10 Å². The van der Waals surface area contributed by atoms with E-state index in [0.717, 1.165) is 12.8 Å². The number of hydrogen-bond acceptors (Lipinski definition) is 9. The summed E-state index contributed by atoms with van der Waals surface area (Å²) >= 11 is 0. The molecule has 1 saturated heterocycles. The van der Waals surface area contributed by atoms with E-state index >= 15 is 0 Å². The number of ether oxygens (including phenoxy) is 2. The molecule has 1 saturated carbocycles. The van der Waals surface area contributed by atoms with Gasteiger partial charge in [0.25, 0.3) is 0 Å². The van der Waals surface area contributed by atoms with E-state index in [1.807, 2.05) is 0 Å². The normalized spacial score (nSPS) is 27.6.